The molecule has 0 aliphatic rings. The molecule has 0 atom stereocenters. The largest absolute Gasteiger partial charge is 0.497 e. The highest BCUT2D eigenvalue weighted by Gasteiger charge is 2.08. The predicted molar refractivity (Wildman–Crippen MR) is 57.3 cm³/mol. The van der Waals surface area contributed by atoms with Gasteiger partial charge in [-0.25, -0.2) is 0 Å². The number of halogens is 1. The van der Waals surface area contributed by atoms with E-state index < -0.39 is 0 Å². The van der Waals surface area contributed by atoms with Crippen LogP contribution < -0.4 is 4.74 Å². The summed E-state index contributed by atoms with van der Waals surface area (Å²) in [5.74, 6) is 0.760. The lowest BCUT2D eigenvalue weighted by Crippen LogP contribution is -1.83. The summed E-state index contributed by atoms with van der Waals surface area (Å²) in [7, 11) is 1.61. The Bertz CT molecular complexity index is 525. The molecule has 0 unspecified atom stereocenters. The third-order valence-electron chi connectivity index (χ3n) is 2.06. The topological polar surface area (TPSA) is 48.8 Å². The lowest BCUT2D eigenvalue weighted by Gasteiger charge is -2.01. The lowest BCUT2D eigenvalue weighted by molar-refractivity contribution is 0.415. The third-order valence-corrected chi connectivity index (χ3v) is 2.69. The van der Waals surface area contributed by atoms with Crippen molar-refractivity contribution in [2.24, 2.45) is 0 Å². The van der Waals surface area contributed by atoms with E-state index >= 15 is 0 Å². The second kappa shape index (κ2) is 3.35. The Labute approximate surface area is 89.4 Å². The molecule has 1 aromatic carbocycles. The summed E-state index contributed by atoms with van der Waals surface area (Å²) in [6, 6.07) is 5.83. The van der Waals surface area contributed by atoms with Gasteiger partial charge in [0, 0.05) is 22.1 Å². The Morgan fingerprint density at radius 1 is 1.50 bits per heavy atom. The first-order valence-corrected chi connectivity index (χ1v) is 4.80. The summed E-state index contributed by atoms with van der Waals surface area (Å²) in [5, 5.41) is 9.75. The summed E-state index contributed by atoms with van der Waals surface area (Å²) >= 11 is 3.41. The number of aromatic nitrogens is 1. The molecule has 1 aromatic heterocycles. The fourth-order valence-corrected chi connectivity index (χ4v) is 2.05. The highest BCUT2D eigenvalue weighted by Crippen LogP contribution is 2.31. The van der Waals surface area contributed by atoms with Crippen molar-refractivity contribution in [3.05, 3.63) is 28.4 Å². The molecule has 0 fully saturated rings. The number of hydrogen-bond acceptors (Lipinski definition) is 2. The van der Waals surface area contributed by atoms with Crippen molar-refractivity contribution < 1.29 is 4.74 Å². The van der Waals surface area contributed by atoms with Gasteiger partial charge in [0.25, 0.3) is 0 Å². The van der Waals surface area contributed by atoms with E-state index in [-0.39, 0.29) is 0 Å². The summed E-state index contributed by atoms with van der Waals surface area (Å²) in [5.41, 5.74) is 1.53. The molecule has 0 aliphatic carbocycles. The number of fused-ring (bicyclic) bond motifs is 1. The van der Waals surface area contributed by atoms with Crippen molar-refractivity contribution in [3.63, 3.8) is 0 Å². The number of hydrogen-bond donors (Lipinski definition) is 1. The fraction of sp³-hybridized carbons (Fsp3) is 0.100. The molecule has 0 radical (unpaired) electrons. The van der Waals surface area contributed by atoms with Crippen molar-refractivity contribution in [1.82, 2.24) is 4.98 Å². The minimum atomic E-state index is 0.634. The molecule has 14 heavy (non-hydrogen) atoms. The Balaban J connectivity index is 2.80. The van der Waals surface area contributed by atoms with Gasteiger partial charge in [0.1, 0.15) is 11.8 Å². The van der Waals surface area contributed by atoms with E-state index in [1.165, 1.54) is 0 Å². The molecule has 0 spiro atoms. The van der Waals surface area contributed by atoms with E-state index in [1.54, 1.807) is 13.3 Å². The lowest BCUT2D eigenvalue weighted by atomic mass is 10.2. The molecule has 70 valence electrons. The van der Waals surface area contributed by atoms with Crippen LogP contribution in [0.25, 0.3) is 10.9 Å². The van der Waals surface area contributed by atoms with E-state index in [4.69, 9.17) is 10.00 Å². The summed E-state index contributed by atoms with van der Waals surface area (Å²) in [6.45, 7) is 0. The maximum absolute atomic E-state index is 8.85. The number of H-pyrrole nitrogens is 1. The zero-order valence-corrected chi connectivity index (χ0v) is 9.05. The first-order valence-electron chi connectivity index (χ1n) is 4.01. The van der Waals surface area contributed by atoms with E-state index in [0.29, 0.717) is 5.56 Å². The van der Waals surface area contributed by atoms with Crippen LogP contribution >= 0.6 is 15.9 Å². The van der Waals surface area contributed by atoms with Crippen LogP contribution in [0.2, 0.25) is 0 Å². The molecule has 1 N–H and O–H groups in total. The highest BCUT2D eigenvalue weighted by atomic mass is 79.9. The number of aromatic amines is 1. The number of rotatable bonds is 1. The van der Waals surface area contributed by atoms with Gasteiger partial charge in [-0.3, -0.25) is 0 Å². The van der Waals surface area contributed by atoms with Crippen LogP contribution in [-0.4, -0.2) is 12.1 Å². The van der Waals surface area contributed by atoms with Gasteiger partial charge in [-0.15, -0.1) is 0 Å². The molecule has 0 aliphatic heterocycles. The monoisotopic (exact) mass is 250 g/mol. The van der Waals surface area contributed by atoms with Crippen LogP contribution in [0.5, 0.6) is 5.75 Å². The highest BCUT2D eigenvalue weighted by molar-refractivity contribution is 9.10. The van der Waals surface area contributed by atoms with Crippen LogP contribution in [0.1, 0.15) is 5.56 Å². The van der Waals surface area contributed by atoms with Crippen LogP contribution in [0.4, 0.5) is 0 Å². The molecule has 3 nitrogen and oxygen atoms in total. The number of methoxy groups -OCH3 is 1. The first-order chi connectivity index (χ1) is 6.76. The molecule has 0 saturated carbocycles. The maximum Gasteiger partial charge on any atom is 0.122 e. The van der Waals surface area contributed by atoms with Crippen LogP contribution in [-0.2, 0) is 0 Å². The molecule has 1 heterocycles. The summed E-state index contributed by atoms with van der Waals surface area (Å²) in [4.78, 5) is 3.02. The average Bonchev–Trinajstić information content (AvgIpc) is 2.61. The van der Waals surface area contributed by atoms with Crippen LogP contribution in [0, 0.1) is 11.3 Å². The van der Waals surface area contributed by atoms with Gasteiger partial charge >= 0.3 is 0 Å². The Morgan fingerprint density at radius 2 is 2.29 bits per heavy atom. The molecule has 4 heteroatoms. The first kappa shape index (κ1) is 9.10. The van der Waals surface area contributed by atoms with E-state index in [9.17, 15) is 0 Å². The summed E-state index contributed by atoms with van der Waals surface area (Å²) in [6.07, 6.45) is 1.69. The SMILES string of the molecule is COc1cc(Br)c2c(C#N)c[nH]c2c1. The normalized spacial score (nSPS) is 10.1. The quantitative estimate of drug-likeness (QED) is 0.847. The van der Waals surface area contributed by atoms with Crippen molar-refractivity contribution in [1.29, 1.82) is 5.26 Å². The number of nitriles is 1. The van der Waals surface area contributed by atoms with Gasteiger partial charge in [0.2, 0.25) is 0 Å². The standard InChI is InChI=1S/C10H7BrN2O/c1-14-7-2-8(11)10-6(4-12)5-13-9(10)3-7/h2-3,5,13H,1H3. The van der Waals surface area contributed by atoms with Crippen molar-refractivity contribution in [3.8, 4) is 11.8 Å². The van der Waals surface area contributed by atoms with E-state index in [0.717, 1.165) is 21.1 Å². The third kappa shape index (κ3) is 1.26. The Morgan fingerprint density at radius 3 is 2.93 bits per heavy atom. The molecule has 2 aromatic rings. The van der Waals surface area contributed by atoms with Crippen molar-refractivity contribution in [2.45, 2.75) is 0 Å². The minimum Gasteiger partial charge on any atom is -0.497 e. The smallest absolute Gasteiger partial charge is 0.122 e. The maximum atomic E-state index is 8.85. The second-order valence-corrected chi connectivity index (χ2v) is 3.70. The van der Waals surface area contributed by atoms with Gasteiger partial charge in [-0.1, -0.05) is 0 Å². The zero-order valence-electron chi connectivity index (χ0n) is 7.47. The van der Waals surface area contributed by atoms with E-state index in [2.05, 4.69) is 27.0 Å². The van der Waals surface area contributed by atoms with Crippen molar-refractivity contribution >= 4 is 26.8 Å². The predicted octanol–water partition coefficient (Wildman–Crippen LogP) is 2.81. The Kier molecular flexibility index (Phi) is 2.18. The molecule has 0 bridgehead atoms. The Hall–Kier alpha value is -1.47. The molecule has 2 rings (SSSR count). The zero-order chi connectivity index (χ0) is 10.1. The van der Waals surface area contributed by atoms with Crippen LogP contribution in [0.3, 0.4) is 0 Å². The summed E-state index contributed by atoms with van der Waals surface area (Å²) < 4.78 is 5.98. The number of nitrogens with one attached hydrogen (secondary N) is 1. The molecular weight excluding hydrogens is 244 g/mol. The van der Waals surface area contributed by atoms with Crippen molar-refractivity contribution in [2.75, 3.05) is 7.11 Å². The molecular formula is C10H7BrN2O. The molecule has 0 saturated heterocycles. The number of benzene rings is 1. The van der Waals surface area contributed by atoms with E-state index in [1.807, 2.05) is 12.1 Å². The van der Waals surface area contributed by atoms with Gasteiger partial charge in [0.15, 0.2) is 0 Å². The van der Waals surface area contributed by atoms with Gasteiger partial charge in [-0.2, -0.15) is 5.26 Å². The van der Waals surface area contributed by atoms with Crippen LogP contribution in [0.15, 0.2) is 22.8 Å². The van der Waals surface area contributed by atoms with Gasteiger partial charge < -0.3 is 9.72 Å². The second-order valence-electron chi connectivity index (χ2n) is 2.85. The minimum absolute atomic E-state index is 0.634. The molecule has 0 amide bonds. The average molecular weight is 251 g/mol. The number of ether oxygens (including phenoxy) is 1. The number of nitrogens with zero attached hydrogens (tertiary/aromatic N) is 1. The van der Waals surface area contributed by atoms with Gasteiger partial charge in [0.05, 0.1) is 18.2 Å². The fourth-order valence-electron chi connectivity index (χ4n) is 1.40. The van der Waals surface area contributed by atoms with Gasteiger partial charge in [-0.05, 0) is 22.0 Å².